The number of nitrogens with one attached hydrogen (secondary N) is 2. The first-order valence-electron chi connectivity index (χ1n) is 10.4. The van der Waals surface area contributed by atoms with Gasteiger partial charge in [-0.05, 0) is 55.3 Å². The molecule has 0 bridgehead atoms. The zero-order valence-electron chi connectivity index (χ0n) is 18.5. The maximum Gasteiger partial charge on any atom is 0.242 e. The zero-order chi connectivity index (χ0) is 24.7. The van der Waals surface area contributed by atoms with Crippen LogP contribution in [0, 0.1) is 0 Å². The number of halogens is 2. The lowest BCUT2D eigenvalue weighted by Crippen LogP contribution is -2.45. The fraction of sp³-hybridized carbons (Fsp3) is 0.208. The van der Waals surface area contributed by atoms with E-state index in [-0.39, 0.29) is 16.3 Å². The maximum absolute atomic E-state index is 13.1. The van der Waals surface area contributed by atoms with Gasteiger partial charge in [-0.25, -0.2) is 8.42 Å². The van der Waals surface area contributed by atoms with E-state index >= 15 is 0 Å². The van der Waals surface area contributed by atoms with Crippen molar-refractivity contribution >= 4 is 44.8 Å². The molecular weight excluding hydrogens is 499 g/mol. The molecule has 0 radical (unpaired) electrons. The molecule has 0 saturated heterocycles. The van der Waals surface area contributed by atoms with Crippen molar-refractivity contribution in [2.24, 2.45) is 0 Å². The summed E-state index contributed by atoms with van der Waals surface area (Å²) in [5, 5.41) is 3.18. The Morgan fingerprint density at radius 2 is 1.65 bits per heavy atom. The van der Waals surface area contributed by atoms with Crippen molar-refractivity contribution in [2.45, 2.75) is 24.3 Å². The van der Waals surface area contributed by atoms with Crippen LogP contribution in [0.2, 0.25) is 10.0 Å². The molecule has 7 nitrogen and oxygen atoms in total. The molecule has 0 aliphatic heterocycles. The highest BCUT2D eigenvalue weighted by Crippen LogP contribution is 2.29. The van der Waals surface area contributed by atoms with Gasteiger partial charge in [-0.2, -0.15) is 4.72 Å². The van der Waals surface area contributed by atoms with Crippen molar-refractivity contribution in [1.29, 1.82) is 0 Å². The maximum atomic E-state index is 13.1. The standard InChI is InChI=1S/C24H24Cl2N2O5S/c1-3-33-23-12-10-18(15-20(23)26)34(30,31)28-21(13-16-7-5-4-6-8-16)24(29)27-17-9-11-22(32-2)19(25)14-17/h4-12,14-15,21,28H,3,13H2,1-2H3,(H,27,29)/t21-/m1/s1. The van der Waals surface area contributed by atoms with Crippen LogP contribution in [0.3, 0.4) is 0 Å². The summed E-state index contributed by atoms with van der Waals surface area (Å²) in [4.78, 5) is 13.1. The molecule has 3 aromatic rings. The van der Waals surface area contributed by atoms with Gasteiger partial charge in [0.1, 0.15) is 17.5 Å². The Bertz CT molecular complexity index is 1250. The number of carbonyl (C=O) groups excluding carboxylic acids is 1. The van der Waals surface area contributed by atoms with E-state index < -0.39 is 22.0 Å². The Morgan fingerprint density at radius 3 is 2.26 bits per heavy atom. The second-order valence-electron chi connectivity index (χ2n) is 7.23. The van der Waals surface area contributed by atoms with Crippen LogP contribution in [0.1, 0.15) is 12.5 Å². The highest BCUT2D eigenvalue weighted by atomic mass is 35.5. The molecule has 0 unspecified atom stereocenters. The summed E-state index contributed by atoms with van der Waals surface area (Å²) in [6, 6.07) is 16.9. The molecule has 1 amide bonds. The molecule has 0 saturated carbocycles. The van der Waals surface area contributed by atoms with Crippen LogP contribution in [0.5, 0.6) is 11.5 Å². The van der Waals surface area contributed by atoms with E-state index in [1.807, 2.05) is 30.3 Å². The number of hydrogen-bond acceptors (Lipinski definition) is 5. The van der Waals surface area contributed by atoms with Crippen molar-refractivity contribution < 1.29 is 22.7 Å². The number of methoxy groups -OCH3 is 1. The Hall–Kier alpha value is -2.78. The van der Waals surface area contributed by atoms with Crippen molar-refractivity contribution in [2.75, 3.05) is 19.0 Å². The Kier molecular flexibility index (Phi) is 8.79. The van der Waals surface area contributed by atoms with Gasteiger partial charge < -0.3 is 14.8 Å². The summed E-state index contributed by atoms with van der Waals surface area (Å²) in [5.74, 6) is 0.275. The Balaban J connectivity index is 1.87. The van der Waals surface area contributed by atoms with Gasteiger partial charge >= 0.3 is 0 Å². The third-order valence-electron chi connectivity index (χ3n) is 4.83. The second-order valence-corrected chi connectivity index (χ2v) is 9.76. The van der Waals surface area contributed by atoms with E-state index in [0.717, 1.165) is 5.56 Å². The molecule has 1 atom stereocenters. The number of amides is 1. The summed E-state index contributed by atoms with van der Waals surface area (Å²) in [6.45, 7) is 2.18. The minimum absolute atomic E-state index is 0.0840. The fourth-order valence-corrected chi connectivity index (χ4v) is 4.97. The molecule has 34 heavy (non-hydrogen) atoms. The minimum Gasteiger partial charge on any atom is -0.495 e. The SMILES string of the molecule is CCOc1ccc(S(=O)(=O)N[C@H](Cc2ccccc2)C(=O)Nc2ccc(OC)c(Cl)c2)cc1Cl. The molecule has 0 fully saturated rings. The highest BCUT2D eigenvalue weighted by Gasteiger charge is 2.27. The molecule has 3 aromatic carbocycles. The van der Waals surface area contributed by atoms with Crippen molar-refractivity contribution in [3.63, 3.8) is 0 Å². The van der Waals surface area contributed by atoms with Crippen molar-refractivity contribution in [3.05, 3.63) is 82.3 Å². The predicted octanol–water partition coefficient (Wildman–Crippen LogP) is 4.93. The topological polar surface area (TPSA) is 93.7 Å². The molecule has 0 aliphatic carbocycles. The second kappa shape index (κ2) is 11.6. The highest BCUT2D eigenvalue weighted by molar-refractivity contribution is 7.89. The first-order chi connectivity index (χ1) is 16.2. The van der Waals surface area contributed by atoms with Crippen LogP contribution in [0.25, 0.3) is 0 Å². The van der Waals surface area contributed by atoms with Crippen LogP contribution in [0.15, 0.2) is 71.6 Å². The monoisotopic (exact) mass is 522 g/mol. The Morgan fingerprint density at radius 1 is 0.971 bits per heavy atom. The van der Waals surface area contributed by atoms with E-state index in [4.69, 9.17) is 32.7 Å². The van der Waals surface area contributed by atoms with Gasteiger partial charge in [0, 0.05) is 5.69 Å². The molecule has 180 valence electrons. The lowest BCUT2D eigenvalue weighted by atomic mass is 10.1. The van der Waals surface area contributed by atoms with Crippen LogP contribution in [-0.4, -0.2) is 34.1 Å². The summed E-state index contributed by atoms with van der Waals surface area (Å²) >= 11 is 12.3. The number of anilines is 1. The third kappa shape index (κ3) is 6.64. The van der Waals surface area contributed by atoms with Gasteiger partial charge in [-0.1, -0.05) is 53.5 Å². The van der Waals surface area contributed by atoms with Crippen molar-refractivity contribution in [1.82, 2.24) is 4.72 Å². The number of benzene rings is 3. The molecule has 0 aliphatic rings. The van der Waals surface area contributed by atoms with Crippen LogP contribution in [0.4, 0.5) is 5.69 Å². The molecule has 3 rings (SSSR count). The molecule has 0 heterocycles. The molecule has 2 N–H and O–H groups in total. The van der Waals surface area contributed by atoms with Crippen LogP contribution in [-0.2, 0) is 21.2 Å². The van der Waals surface area contributed by atoms with E-state index in [9.17, 15) is 13.2 Å². The van der Waals surface area contributed by atoms with E-state index in [2.05, 4.69) is 10.0 Å². The average Bonchev–Trinajstić information content (AvgIpc) is 2.80. The van der Waals surface area contributed by atoms with E-state index in [0.29, 0.717) is 28.8 Å². The summed E-state index contributed by atoms with van der Waals surface area (Å²) < 4.78 is 39.2. The van der Waals surface area contributed by atoms with Crippen LogP contribution < -0.4 is 19.5 Å². The predicted molar refractivity (Wildman–Crippen MR) is 134 cm³/mol. The van der Waals surface area contributed by atoms with Gasteiger partial charge in [-0.3, -0.25) is 4.79 Å². The van der Waals surface area contributed by atoms with Gasteiger partial charge in [0.2, 0.25) is 15.9 Å². The average molecular weight is 523 g/mol. The smallest absolute Gasteiger partial charge is 0.242 e. The van der Waals surface area contributed by atoms with Gasteiger partial charge in [0.25, 0.3) is 0 Å². The molecule has 0 aromatic heterocycles. The number of hydrogen-bond donors (Lipinski definition) is 2. The first-order valence-corrected chi connectivity index (χ1v) is 12.6. The third-order valence-corrected chi connectivity index (χ3v) is 6.89. The lowest BCUT2D eigenvalue weighted by Gasteiger charge is -2.19. The molecular formula is C24H24Cl2N2O5S. The van der Waals surface area contributed by atoms with Gasteiger partial charge in [-0.15, -0.1) is 0 Å². The quantitative estimate of drug-likeness (QED) is 0.393. The number of ether oxygens (including phenoxy) is 2. The van der Waals surface area contributed by atoms with Gasteiger partial charge in [0.05, 0.1) is 28.7 Å². The number of carbonyl (C=O) groups is 1. The number of rotatable bonds is 10. The number of sulfonamides is 1. The summed E-state index contributed by atoms with van der Waals surface area (Å²) in [6.07, 6.45) is 0.126. The molecule has 10 heteroatoms. The van der Waals surface area contributed by atoms with Crippen molar-refractivity contribution in [3.8, 4) is 11.5 Å². The van der Waals surface area contributed by atoms with Crippen LogP contribution >= 0.6 is 23.2 Å². The van der Waals surface area contributed by atoms with E-state index in [1.165, 1.54) is 31.4 Å². The zero-order valence-corrected chi connectivity index (χ0v) is 20.9. The lowest BCUT2D eigenvalue weighted by molar-refractivity contribution is -0.117. The van der Waals surface area contributed by atoms with E-state index in [1.54, 1.807) is 19.1 Å². The van der Waals surface area contributed by atoms with Gasteiger partial charge in [0.15, 0.2) is 0 Å². The fourth-order valence-electron chi connectivity index (χ4n) is 3.19. The summed E-state index contributed by atoms with van der Waals surface area (Å²) in [5.41, 5.74) is 1.18. The normalized spacial score (nSPS) is 12.1. The minimum atomic E-state index is -4.09. The summed E-state index contributed by atoms with van der Waals surface area (Å²) in [7, 11) is -2.60. The Labute approximate surface area is 209 Å². The molecule has 0 spiro atoms. The largest absolute Gasteiger partial charge is 0.495 e. The first kappa shape index (κ1) is 25.8.